The van der Waals surface area contributed by atoms with Crippen LogP contribution in [0.2, 0.25) is 0 Å². The van der Waals surface area contributed by atoms with Crippen molar-refractivity contribution in [2.24, 2.45) is 23.7 Å². The summed E-state index contributed by atoms with van der Waals surface area (Å²) in [4.78, 5) is 13.8. The molecule has 4 fully saturated rings. The summed E-state index contributed by atoms with van der Waals surface area (Å²) in [6, 6.07) is 1.24. The monoisotopic (exact) mass is 233 g/mol. The molecule has 94 valence electrons. The lowest BCUT2D eigenvalue weighted by Crippen LogP contribution is -2.47. The number of carbonyl (C=O) groups excluding carboxylic acids is 1. The van der Waals surface area contributed by atoms with E-state index in [-0.39, 0.29) is 0 Å². The molecule has 4 aliphatic rings. The zero-order valence-electron chi connectivity index (χ0n) is 10.6. The maximum absolute atomic E-state index is 11.6. The minimum Gasteiger partial charge on any atom is -0.339 e. The second kappa shape index (κ2) is 3.73. The van der Waals surface area contributed by atoms with Crippen molar-refractivity contribution in [3.8, 4) is 0 Å². The van der Waals surface area contributed by atoms with Crippen molar-refractivity contribution in [2.75, 3.05) is 0 Å². The summed E-state index contributed by atoms with van der Waals surface area (Å²) in [5.74, 6) is 3.60. The van der Waals surface area contributed by atoms with Gasteiger partial charge in [-0.1, -0.05) is 12.8 Å². The quantitative estimate of drug-likeness (QED) is 0.686. The standard InChI is InChI=1S/C15H23NO/c17-9-16(14-7-10-1-3-12(14)5-10)15-8-11-2-4-13(15)6-11/h9-15H,1-8H2. The molecule has 17 heavy (non-hydrogen) atoms. The first-order chi connectivity index (χ1) is 8.35. The van der Waals surface area contributed by atoms with Crippen LogP contribution in [0.5, 0.6) is 0 Å². The largest absolute Gasteiger partial charge is 0.339 e. The number of amides is 1. The molecule has 0 heterocycles. The van der Waals surface area contributed by atoms with E-state index in [1.54, 1.807) is 0 Å². The van der Waals surface area contributed by atoms with Crippen LogP contribution in [-0.2, 0) is 4.79 Å². The maximum Gasteiger partial charge on any atom is 0.210 e. The first-order valence-corrected chi connectivity index (χ1v) is 7.58. The molecule has 0 aromatic heterocycles. The maximum atomic E-state index is 11.6. The van der Waals surface area contributed by atoms with Gasteiger partial charge < -0.3 is 4.90 Å². The van der Waals surface area contributed by atoms with Gasteiger partial charge in [-0.25, -0.2) is 0 Å². The summed E-state index contributed by atoms with van der Waals surface area (Å²) in [6.45, 7) is 0. The zero-order chi connectivity index (χ0) is 11.4. The van der Waals surface area contributed by atoms with Gasteiger partial charge in [0, 0.05) is 12.1 Å². The predicted octanol–water partition coefficient (Wildman–Crippen LogP) is 2.82. The van der Waals surface area contributed by atoms with Crippen molar-refractivity contribution in [2.45, 2.75) is 63.5 Å². The Morgan fingerprint density at radius 3 is 1.59 bits per heavy atom. The lowest BCUT2D eigenvalue weighted by molar-refractivity contribution is -0.125. The van der Waals surface area contributed by atoms with Gasteiger partial charge in [0.15, 0.2) is 0 Å². The van der Waals surface area contributed by atoms with E-state index in [0.717, 1.165) is 23.7 Å². The van der Waals surface area contributed by atoms with Crippen LogP contribution >= 0.6 is 0 Å². The third kappa shape index (κ3) is 1.49. The molecule has 0 aliphatic heterocycles. The molecular weight excluding hydrogens is 210 g/mol. The number of hydrogen-bond acceptors (Lipinski definition) is 1. The number of carbonyl (C=O) groups is 1. The second-order valence-corrected chi connectivity index (χ2v) is 7.04. The predicted molar refractivity (Wildman–Crippen MR) is 66.4 cm³/mol. The average Bonchev–Trinajstić information content (AvgIpc) is 3.10. The van der Waals surface area contributed by atoms with Crippen LogP contribution < -0.4 is 0 Å². The van der Waals surface area contributed by atoms with Crippen LogP contribution in [0.25, 0.3) is 0 Å². The van der Waals surface area contributed by atoms with Gasteiger partial charge in [0.1, 0.15) is 0 Å². The fraction of sp³-hybridized carbons (Fsp3) is 0.933. The average molecular weight is 233 g/mol. The highest BCUT2D eigenvalue weighted by atomic mass is 16.1. The van der Waals surface area contributed by atoms with E-state index in [2.05, 4.69) is 4.90 Å². The van der Waals surface area contributed by atoms with Gasteiger partial charge in [-0.05, 0) is 62.2 Å². The molecule has 2 heteroatoms. The van der Waals surface area contributed by atoms with Crippen molar-refractivity contribution >= 4 is 6.41 Å². The van der Waals surface area contributed by atoms with Crippen LogP contribution in [0.15, 0.2) is 0 Å². The van der Waals surface area contributed by atoms with Gasteiger partial charge in [-0.15, -0.1) is 0 Å². The van der Waals surface area contributed by atoms with Gasteiger partial charge in [-0.3, -0.25) is 4.79 Å². The first-order valence-electron chi connectivity index (χ1n) is 7.58. The summed E-state index contributed by atoms with van der Waals surface area (Å²) >= 11 is 0. The molecule has 4 aliphatic carbocycles. The Morgan fingerprint density at radius 2 is 1.29 bits per heavy atom. The zero-order valence-corrected chi connectivity index (χ0v) is 10.6. The highest BCUT2D eigenvalue weighted by molar-refractivity contribution is 5.49. The van der Waals surface area contributed by atoms with Crippen molar-refractivity contribution in [1.82, 2.24) is 4.90 Å². The highest BCUT2D eigenvalue weighted by Gasteiger charge is 2.48. The van der Waals surface area contributed by atoms with Crippen molar-refractivity contribution in [3.63, 3.8) is 0 Å². The normalized spacial score (nSPS) is 51.1. The Kier molecular flexibility index (Phi) is 2.28. The molecule has 0 radical (unpaired) electrons. The number of hydrogen-bond donors (Lipinski definition) is 0. The molecule has 0 saturated heterocycles. The number of rotatable bonds is 3. The van der Waals surface area contributed by atoms with Gasteiger partial charge in [-0.2, -0.15) is 0 Å². The molecular formula is C15H23NO. The van der Waals surface area contributed by atoms with Crippen LogP contribution in [-0.4, -0.2) is 23.4 Å². The Morgan fingerprint density at radius 1 is 0.765 bits per heavy atom. The summed E-state index contributed by atoms with van der Waals surface area (Å²) in [5.41, 5.74) is 0. The minimum absolute atomic E-state index is 0.621. The summed E-state index contributed by atoms with van der Waals surface area (Å²) in [6.07, 6.45) is 12.3. The lowest BCUT2D eigenvalue weighted by atomic mass is 9.89. The van der Waals surface area contributed by atoms with Gasteiger partial charge in [0.2, 0.25) is 6.41 Å². The fourth-order valence-corrected chi connectivity index (χ4v) is 5.55. The number of fused-ring (bicyclic) bond motifs is 4. The summed E-state index contributed by atoms with van der Waals surface area (Å²) in [5, 5.41) is 0. The summed E-state index contributed by atoms with van der Waals surface area (Å²) < 4.78 is 0. The first kappa shape index (κ1) is 10.4. The van der Waals surface area contributed by atoms with Crippen molar-refractivity contribution in [3.05, 3.63) is 0 Å². The third-order valence-electron chi connectivity index (χ3n) is 6.29. The van der Waals surface area contributed by atoms with Gasteiger partial charge in [0.05, 0.1) is 0 Å². The van der Waals surface area contributed by atoms with E-state index in [0.29, 0.717) is 12.1 Å². The molecule has 2 nitrogen and oxygen atoms in total. The molecule has 4 bridgehead atoms. The van der Waals surface area contributed by atoms with Gasteiger partial charge in [0.25, 0.3) is 0 Å². The molecule has 6 unspecified atom stereocenters. The van der Waals surface area contributed by atoms with E-state index < -0.39 is 0 Å². The van der Waals surface area contributed by atoms with Crippen LogP contribution in [0.4, 0.5) is 0 Å². The lowest BCUT2D eigenvalue weighted by Gasteiger charge is -2.39. The third-order valence-corrected chi connectivity index (χ3v) is 6.29. The molecule has 4 rings (SSSR count). The molecule has 0 spiro atoms. The molecule has 0 aromatic carbocycles. The highest BCUT2D eigenvalue weighted by Crippen LogP contribution is 2.51. The molecule has 6 atom stereocenters. The van der Waals surface area contributed by atoms with E-state index in [1.807, 2.05) is 0 Å². The van der Waals surface area contributed by atoms with Crippen molar-refractivity contribution < 1.29 is 4.79 Å². The van der Waals surface area contributed by atoms with Crippen molar-refractivity contribution in [1.29, 1.82) is 0 Å². The Balaban J connectivity index is 1.52. The van der Waals surface area contributed by atoms with Crippen LogP contribution in [0.1, 0.15) is 51.4 Å². The molecule has 0 N–H and O–H groups in total. The fourth-order valence-electron chi connectivity index (χ4n) is 5.55. The van der Waals surface area contributed by atoms with E-state index >= 15 is 0 Å². The van der Waals surface area contributed by atoms with E-state index in [1.165, 1.54) is 57.8 Å². The Labute approximate surface area is 104 Å². The Hall–Kier alpha value is -0.530. The minimum atomic E-state index is 0.621. The topological polar surface area (TPSA) is 20.3 Å². The molecule has 0 aromatic rings. The molecule has 1 amide bonds. The smallest absolute Gasteiger partial charge is 0.210 e. The van der Waals surface area contributed by atoms with E-state index in [9.17, 15) is 4.79 Å². The van der Waals surface area contributed by atoms with Crippen LogP contribution in [0.3, 0.4) is 0 Å². The molecule has 4 saturated carbocycles. The second-order valence-electron chi connectivity index (χ2n) is 7.04. The van der Waals surface area contributed by atoms with Gasteiger partial charge >= 0.3 is 0 Å². The SMILES string of the molecule is O=CN(C1CC2CCC1C2)C1CC2CCC1C2. The number of nitrogens with zero attached hydrogens (tertiary/aromatic N) is 1. The van der Waals surface area contributed by atoms with Crippen LogP contribution in [0, 0.1) is 23.7 Å². The van der Waals surface area contributed by atoms with E-state index in [4.69, 9.17) is 0 Å². The summed E-state index contributed by atoms with van der Waals surface area (Å²) in [7, 11) is 0. The Bertz CT molecular complexity index is 301.